The summed E-state index contributed by atoms with van der Waals surface area (Å²) in [5.41, 5.74) is 4.05. The van der Waals surface area contributed by atoms with E-state index in [0.717, 1.165) is 22.3 Å². The molecule has 0 spiro atoms. The number of carboxylic acid groups (broad SMARTS) is 1. The highest BCUT2D eigenvalue weighted by Crippen LogP contribution is 2.44. The molecule has 2 aromatic rings. The van der Waals surface area contributed by atoms with Gasteiger partial charge in [0.15, 0.2) is 6.10 Å². The van der Waals surface area contributed by atoms with Gasteiger partial charge in [-0.25, -0.2) is 18.4 Å². The molecule has 1 saturated heterocycles. The minimum absolute atomic E-state index is 0.0172. The molecule has 3 N–H and O–H groups in total. The molecule has 1 fully saturated rings. The number of aliphatic carboxylic acids is 1. The summed E-state index contributed by atoms with van der Waals surface area (Å²) in [4.78, 5) is 35.7. The van der Waals surface area contributed by atoms with Crippen LogP contribution in [0, 0.1) is 5.92 Å². The number of benzene rings is 2. The summed E-state index contributed by atoms with van der Waals surface area (Å²) in [7, 11) is 0. The van der Waals surface area contributed by atoms with Crippen LogP contribution < -0.4 is 10.6 Å². The van der Waals surface area contributed by atoms with E-state index in [0.29, 0.717) is 6.42 Å². The number of hydrogen-bond donors (Lipinski definition) is 3. The van der Waals surface area contributed by atoms with Gasteiger partial charge in [-0.15, -0.1) is 0 Å². The number of hydrogen-bond acceptors (Lipinski definition) is 5. The fourth-order valence-electron chi connectivity index (χ4n) is 4.63. The number of carbonyl (C=O) groups excluding carboxylic acids is 2. The average molecular weight is 488 g/mol. The molecule has 0 aromatic heterocycles. The Morgan fingerprint density at radius 2 is 1.69 bits per heavy atom. The third-order valence-corrected chi connectivity index (χ3v) is 6.38. The highest BCUT2D eigenvalue weighted by Gasteiger charge is 2.35. The largest absolute Gasteiger partial charge is 0.479 e. The lowest BCUT2D eigenvalue weighted by molar-refractivity contribution is -0.149. The zero-order valence-corrected chi connectivity index (χ0v) is 18.8. The molecule has 4 rings (SSSR count). The highest BCUT2D eigenvalue weighted by molar-refractivity contribution is 5.80. The van der Waals surface area contributed by atoms with Gasteiger partial charge in [-0.3, -0.25) is 4.79 Å². The van der Waals surface area contributed by atoms with Crippen molar-refractivity contribution >= 4 is 18.0 Å². The Bertz CT molecular complexity index is 1050. The molecule has 2 amide bonds. The minimum Gasteiger partial charge on any atom is -0.479 e. The number of rotatable bonds is 9. The summed E-state index contributed by atoms with van der Waals surface area (Å²) in [5.74, 6) is -2.54. The molecule has 10 heteroatoms. The van der Waals surface area contributed by atoms with Crippen molar-refractivity contribution in [1.29, 1.82) is 0 Å². The number of amides is 2. The van der Waals surface area contributed by atoms with Crippen LogP contribution in [0.15, 0.2) is 48.5 Å². The van der Waals surface area contributed by atoms with Crippen LogP contribution in [0.1, 0.15) is 29.9 Å². The second-order valence-electron chi connectivity index (χ2n) is 8.60. The number of alkyl halides is 2. The first kappa shape index (κ1) is 24.6. The SMILES string of the molecule is O=C(CC(NC(=O)OCC1c2ccccc2-c2ccccc21)C(F)F)NCC1CCOC1C(=O)O. The van der Waals surface area contributed by atoms with E-state index in [1.165, 1.54) is 0 Å². The van der Waals surface area contributed by atoms with Crippen molar-refractivity contribution in [3.05, 3.63) is 59.7 Å². The molecule has 1 aliphatic carbocycles. The third kappa shape index (κ3) is 5.59. The normalized spacial score (nSPS) is 19.6. The molecule has 1 aliphatic heterocycles. The Kier molecular flexibility index (Phi) is 7.60. The number of alkyl carbamates (subject to hydrolysis) is 1. The quantitative estimate of drug-likeness (QED) is 0.500. The maximum absolute atomic E-state index is 13.5. The van der Waals surface area contributed by atoms with Crippen molar-refractivity contribution in [2.24, 2.45) is 5.92 Å². The first-order valence-electron chi connectivity index (χ1n) is 11.4. The fraction of sp³-hybridized carbons (Fsp3) is 0.400. The van der Waals surface area contributed by atoms with Crippen LogP contribution in [0.4, 0.5) is 13.6 Å². The summed E-state index contributed by atoms with van der Waals surface area (Å²) < 4.78 is 37.4. The van der Waals surface area contributed by atoms with E-state index >= 15 is 0 Å². The van der Waals surface area contributed by atoms with Gasteiger partial charge in [0.2, 0.25) is 5.91 Å². The molecule has 2 aromatic carbocycles. The van der Waals surface area contributed by atoms with Crippen molar-refractivity contribution in [1.82, 2.24) is 10.6 Å². The van der Waals surface area contributed by atoms with E-state index < -0.39 is 48.9 Å². The highest BCUT2D eigenvalue weighted by atomic mass is 19.3. The Morgan fingerprint density at radius 3 is 2.29 bits per heavy atom. The van der Waals surface area contributed by atoms with Crippen molar-refractivity contribution in [3.63, 3.8) is 0 Å². The first-order valence-corrected chi connectivity index (χ1v) is 11.4. The summed E-state index contributed by atoms with van der Waals surface area (Å²) in [5, 5.41) is 13.6. The molecule has 0 radical (unpaired) electrons. The Labute approximate surface area is 200 Å². The van der Waals surface area contributed by atoms with Crippen molar-refractivity contribution in [3.8, 4) is 11.1 Å². The van der Waals surface area contributed by atoms with E-state index in [-0.39, 0.29) is 25.7 Å². The lowest BCUT2D eigenvalue weighted by Gasteiger charge is -2.20. The van der Waals surface area contributed by atoms with Crippen LogP contribution in [-0.2, 0) is 19.1 Å². The van der Waals surface area contributed by atoms with E-state index in [1.807, 2.05) is 48.5 Å². The minimum atomic E-state index is -3.00. The van der Waals surface area contributed by atoms with Gasteiger partial charge >= 0.3 is 12.1 Å². The smallest absolute Gasteiger partial charge is 0.407 e. The Balaban J connectivity index is 1.30. The predicted molar refractivity (Wildman–Crippen MR) is 121 cm³/mol. The lowest BCUT2D eigenvalue weighted by Crippen LogP contribution is -2.45. The summed E-state index contributed by atoms with van der Waals surface area (Å²) in [6.07, 6.45) is -5.32. The molecule has 0 saturated carbocycles. The van der Waals surface area contributed by atoms with Crippen molar-refractivity contribution in [2.75, 3.05) is 19.8 Å². The van der Waals surface area contributed by atoms with Crippen LogP contribution >= 0.6 is 0 Å². The zero-order valence-electron chi connectivity index (χ0n) is 18.8. The molecule has 0 bridgehead atoms. The summed E-state index contributed by atoms with van der Waals surface area (Å²) >= 11 is 0. The average Bonchev–Trinajstić information content (AvgIpc) is 3.44. The van der Waals surface area contributed by atoms with Crippen molar-refractivity contribution < 1.29 is 37.7 Å². The zero-order chi connectivity index (χ0) is 24.9. The Hall–Kier alpha value is -3.53. The van der Waals surface area contributed by atoms with Crippen LogP contribution in [0.5, 0.6) is 0 Å². The molecule has 1 heterocycles. The second kappa shape index (κ2) is 10.8. The molecular formula is C25H26F2N2O6. The van der Waals surface area contributed by atoms with Gasteiger partial charge in [0, 0.05) is 25.0 Å². The van der Waals surface area contributed by atoms with Crippen LogP contribution in [0.3, 0.4) is 0 Å². The maximum atomic E-state index is 13.5. The Morgan fingerprint density at radius 1 is 1.06 bits per heavy atom. The summed E-state index contributed by atoms with van der Waals surface area (Å²) in [6, 6.07) is 13.7. The second-order valence-corrected chi connectivity index (χ2v) is 8.60. The third-order valence-electron chi connectivity index (χ3n) is 6.38. The van der Waals surface area contributed by atoms with Gasteiger partial charge in [0.05, 0.1) is 6.42 Å². The van der Waals surface area contributed by atoms with E-state index in [2.05, 4.69) is 10.6 Å². The van der Waals surface area contributed by atoms with Gasteiger partial charge in [0.25, 0.3) is 6.43 Å². The number of carbonyl (C=O) groups is 3. The van der Waals surface area contributed by atoms with Crippen LogP contribution in [0.2, 0.25) is 0 Å². The predicted octanol–water partition coefficient (Wildman–Crippen LogP) is 3.15. The molecular weight excluding hydrogens is 462 g/mol. The molecule has 8 nitrogen and oxygen atoms in total. The van der Waals surface area contributed by atoms with Crippen LogP contribution in [0.25, 0.3) is 11.1 Å². The molecule has 3 unspecified atom stereocenters. The fourth-order valence-corrected chi connectivity index (χ4v) is 4.63. The lowest BCUT2D eigenvalue weighted by atomic mass is 9.98. The number of ether oxygens (including phenoxy) is 2. The molecule has 2 aliphatic rings. The molecule has 35 heavy (non-hydrogen) atoms. The van der Waals surface area contributed by atoms with E-state index in [1.54, 1.807) is 0 Å². The monoisotopic (exact) mass is 488 g/mol. The maximum Gasteiger partial charge on any atom is 0.407 e. The van der Waals surface area contributed by atoms with E-state index in [9.17, 15) is 23.2 Å². The van der Waals surface area contributed by atoms with Crippen molar-refractivity contribution in [2.45, 2.75) is 37.3 Å². The van der Waals surface area contributed by atoms with Crippen LogP contribution in [-0.4, -0.2) is 61.4 Å². The van der Waals surface area contributed by atoms with Gasteiger partial charge < -0.3 is 25.2 Å². The van der Waals surface area contributed by atoms with Gasteiger partial charge in [-0.05, 0) is 28.7 Å². The standard InChI is InChI=1S/C25H26F2N2O6/c26-23(27)20(11-21(30)28-12-14-9-10-34-22(14)24(31)32)29-25(33)35-13-19-17-7-3-1-5-15(17)16-6-2-4-8-18(16)19/h1-8,14,19-20,22-23H,9-13H2,(H,28,30)(H,29,33)(H,31,32). The van der Waals surface area contributed by atoms with Gasteiger partial charge in [-0.2, -0.15) is 0 Å². The van der Waals surface area contributed by atoms with E-state index in [4.69, 9.17) is 14.6 Å². The number of nitrogens with one attached hydrogen (secondary N) is 2. The number of halogens is 2. The topological polar surface area (TPSA) is 114 Å². The molecule has 186 valence electrons. The number of fused-ring (bicyclic) bond motifs is 3. The van der Waals surface area contributed by atoms with Gasteiger partial charge in [0.1, 0.15) is 12.6 Å². The first-order chi connectivity index (χ1) is 16.8. The van der Waals surface area contributed by atoms with Gasteiger partial charge in [-0.1, -0.05) is 48.5 Å². The molecule has 3 atom stereocenters. The number of carboxylic acids is 1. The summed E-state index contributed by atoms with van der Waals surface area (Å²) in [6.45, 7) is 0.192.